The van der Waals surface area contributed by atoms with E-state index >= 15 is 0 Å². The van der Waals surface area contributed by atoms with E-state index in [0.717, 1.165) is 29.8 Å². The number of piperidine rings is 1. The van der Waals surface area contributed by atoms with E-state index < -0.39 is 10.2 Å². The fraction of sp³-hybridized carbons (Fsp3) is 0.750. The Balaban J connectivity index is 2.17. The summed E-state index contributed by atoms with van der Waals surface area (Å²) in [5.74, 6) is 0. The largest absolute Gasteiger partial charge is 0.395 e. The average molecular weight is 319 g/mol. The molecular weight excluding hydrogens is 298 g/mol. The van der Waals surface area contributed by atoms with Gasteiger partial charge in [0.15, 0.2) is 5.13 Å². The smallest absolute Gasteiger partial charge is 0.303 e. The second-order valence-electron chi connectivity index (χ2n) is 4.93. The average Bonchev–Trinajstić information content (AvgIpc) is 2.77. The predicted molar refractivity (Wildman–Crippen MR) is 80.2 cm³/mol. The van der Waals surface area contributed by atoms with Gasteiger partial charge in [0.05, 0.1) is 12.3 Å². The summed E-state index contributed by atoms with van der Waals surface area (Å²) in [5.41, 5.74) is 0.921. The highest BCUT2D eigenvalue weighted by Gasteiger charge is 2.32. The van der Waals surface area contributed by atoms with Crippen molar-refractivity contribution in [1.29, 1.82) is 0 Å². The van der Waals surface area contributed by atoms with Crippen molar-refractivity contribution in [3.63, 3.8) is 0 Å². The summed E-state index contributed by atoms with van der Waals surface area (Å²) < 4.78 is 28.7. The number of rotatable bonds is 5. The van der Waals surface area contributed by atoms with E-state index in [-0.39, 0.29) is 12.6 Å². The van der Waals surface area contributed by atoms with Gasteiger partial charge in [-0.2, -0.15) is 12.7 Å². The molecule has 0 bridgehead atoms. The quantitative estimate of drug-likeness (QED) is 0.862. The first-order chi connectivity index (χ1) is 9.47. The van der Waals surface area contributed by atoms with Gasteiger partial charge in [-0.05, 0) is 26.2 Å². The predicted octanol–water partition coefficient (Wildman–Crippen LogP) is 1.52. The molecule has 0 radical (unpaired) electrons. The Morgan fingerprint density at radius 2 is 2.25 bits per heavy atom. The summed E-state index contributed by atoms with van der Waals surface area (Å²) in [6, 6.07) is -0.326. The first kappa shape index (κ1) is 15.7. The zero-order valence-electron chi connectivity index (χ0n) is 11.8. The van der Waals surface area contributed by atoms with Gasteiger partial charge in [-0.1, -0.05) is 13.3 Å². The van der Waals surface area contributed by atoms with Crippen molar-refractivity contribution < 1.29 is 13.5 Å². The van der Waals surface area contributed by atoms with Crippen LogP contribution in [0.3, 0.4) is 0 Å². The normalized spacial score (nSPS) is 21.1. The van der Waals surface area contributed by atoms with E-state index in [1.807, 2.05) is 13.8 Å². The molecular formula is C12H21N3O3S2. The van der Waals surface area contributed by atoms with Gasteiger partial charge >= 0.3 is 10.2 Å². The Hall–Kier alpha value is -0.700. The van der Waals surface area contributed by atoms with Gasteiger partial charge in [0.2, 0.25) is 0 Å². The summed E-state index contributed by atoms with van der Waals surface area (Å²) in [7, 11) is -3.64. The molecule has 0 saturated carbocycles. The number of aliphatic hydroxyl groups is 1. The molecule has 1 aliphatic heterocycles. The van der Waals surface area contributed by atoms with E-state index in [4.69, 9.17) is 0 Å². The monoisotopic (exact) mass is 319 g/mol. The number of aryl methyl sites for hydroxylation is 2. The summed E-state index contributed by atoms with van der Waals surface area (Å²) >= 11 is 1.35. The first-order valence-corrected chi connectivity index (χ1v) is 9.10. The van der Waals surface area contributed by atoms with Crippen molar-refractivity contribution in [3.05, 3.63) is 10.6 Å². The molecule has 6 nitrogen and oxygen atoms in total. The third-order valence-electron chi connectivity index (χ3n) is 3.54. The highest BCUT2D eigenvalue weighted by molar-refractivity contribution is 7.90. The van der Waals surface area contributed by atoms with Gasteiger partial charge in [0.25, 0.3) is 0 Å². The molecule has 1 unspecified atom stereocenters. The van der Waals surface area contributed by atoms with Gasteiger partial charge < -0.3 is 5.11 Å². The van der Waals surface area contributed by atoms with Crippen molar-refractivity contribution in [2.24, 2.45) is 0 Å². The van der Waals surface area contributed by atoms with Crippen LogP contribution in [0.1, 0.15) is 36.8 Å². The summed E-state index contributed by atoms with van der Waals surface area (Å²) in [6.45, 7) is 4.24. The zero-order chi connectivity index (χ0) is 14.8. The lowest BCUT2D eigenvalue weighted by molar-refractivity contribution is 0.156. The number of aliphatic hydroxyl groups excluding tert-OH is 1. The van der Waals surface area contributed by atoms with Crippen LogP contribution >= 0.6 is 11.3 Å². The molecule has 20 heavy (non-hydrogen) atoms. The van der Waals surface area contributed by atoms with Crippen molar-refractivity contribution in [1.82, 2.24) is 9.29 Å². The molecule has 1 aliphatic rings. The van der Waals surface area contributed by atoms with E-state index in [1.54, 1.807) is 0 Å². The number of hydrogen-bond acceptors (Lipinski definition) is 5. The molecule has 2 rings (SSSR count). The Kier molecular flexibility index (Phi) is 5.00. The second-order valence-corrected chi connectivity index (χ2v) is 7.75. The minimum atomic E-state index is -3.64. The lowest BCUT2D eigenvalue weighted by Crippen LogP contribution is -2.47. The fourth-order valence-corrected chi connectivity index (χ4v) is 5.00. The Labute approximate surface area is 124 Å². The SMILES string of the molecule is CCc1nc(NS(=O)(=O)N2CCCCC2CO)sc1C. The number of nitrogens with one attached hydrogen (secondary N) is 1. The van der Waals surface area contributed by atoms with Gasteiger partial charge in [-0.3, -0.25) is 0 Å². The number of nitrogens with zero attached hydrogens (tertiary/aromatic N) is 2. The summed E-state index contributed by atoms with van der Waals surface area (Å²) in [4.78, 5) is 5.33. The van der Waals surface area contributed by atoms with Crippen LogP contribution in [0.4, 0.5) is 5.13 Å². The minimum Gasteiger partial charge on any atom is -0.395 e. The topological polar surface area (TPSA) is 82.5 Å². The van der Waals surface area contributed by atoms with E-state index in [0.29, 0.717) is 18.1 Å². The number of hydrogen-bond donors (Lipinski definition) is 2. The molecule has 8 heteroatoms. The van der Waals surface area contributed by atoms with E-state index in [1.165, 1.54) is 15.6 Å². The third-order valence-corrected chi connectivity index (χ3v) is 6.14. The molecule has 2 N–H and O–H groups in total. The van der Waals surface area contributed by atoms with Crippen LogP contribution in [0.15, 0.2) is 0 Å². The molecule has 1 aromatic rings. The van der Waals surface area contributed by atoms with Gasteiger partial charge in [-0.15, -0.1) is 11.3 Å². The van der Waals surface area contributed by atoms with E-state index in [2.05, 4.69) is 9.71 Å². The van der Waals surface area contributed by atoms with Crippen LogP contribution in [0.5, 0.6) is 0 Å². The molecule has 0 amide bonds. The molecule has 1 fully saturated rings. The summed E-state index contributed by atoms with van der Waals surface area (Å²) in [5, 5.41) is 9.73. The third kappa shape index (κ3) is 3.30. The van der Waals surface area contributed by atoms with Crippen LogP contribution in [0.25, 0.3) is 0 Å². The molecule has 1 atom stereocenters. The molecule has 0 spiro atoms. The van der Waals surface area contributed by atoms with E-state index in [9.17, 15) is 13.5 Å². The maximum atomic E-state index is 12.4. The summed E-state index contributed by atoms with van der Waals surface area (Å²) in [6.07, 6.45) is 3.27. The maximum absolute atomic E-state index is 12.4. The molecule has 0 aliphatic carbocycles. The van der Waals surface area contributed by atoms with Crippen molar-refractivity contribution in [2.75, 3.05) is 17.9 Å². The number of thiazole rings is 1. The van der Waals surface area contributed by atoms with Crippen LogP contribution in [0, 0.1) is 6.92 Å². The zero-order valence-corrected chi connectivity index (χ0v) is 13.4. The maximum Gasteiger partial charge on any atom is 0.303 e. The molecule has 2 heterocycles. The lowest BCUT2D eigenvalue weighted by Gasteiger charge is -2.33. The number of anilines is 1. The molecule has 114 valence electrons. The van der Waals surface area contributed by atoms with Crippen LogP contribution in [0.2, 0.25) is 0 Å². The van der Waals surface area contributed by atoms with Crippen LogP contribution in [-0.2, 0) is 16.6 Å². The lowest BCUT2D eigenvalue weighted by atomic mass is 10.1. The second kappa shape index (κ2) is 6.38. The van der Waals surface area contributed by atoms with Crippen LogP contribution in [-0.4, -0.2) is 42.0 Å². The van der Waals surface area contributed by atoms with Gasteiger partial charge in [-0.25, -0.2) is 9.71 Å². The van der Waals surface area contributed by atoms with Gasteiger partial charge in [0.1, 0.15) is 0 Å². The fourth-order valence-electron chi connectivity index (χ4n) is 2.44. The van der Waals surface area contributed by atoms with Crippen molar-refractivity contribution >= 4 is 26.7 Å². The molecule has 1 saturated heterocycles. The Bertz CT molecular complexity index is 556. The highest BCUT2D eigenvalue weighted by atomic mass is 32.2. The highest BCUT2D eigenvalue weighted by Crippen LogP contribution is 2.26. The first-order valence-electron chi connectivity index (χ1n) is 6.84. The van der Waals surface area contributed by atoms with Gasteiger partial charge in [0, 0.05) is 17.5 Å². The van der Waals surface area contributed by atoms with Crippen LogP contribution < -0.4 is 4.72 Å². The standard InChI is InChI=1S/C12H21N3O3S2/c1-3-11-9(2)19-12(13-11)14-20(17,18)15-7-5-4-6-10(15)8-16/h10,16H,3-8H2,1-2H3,(H,13,14). The van der Waals surface area contributed by atoms with Crippen molar-refractivity contribution in [3.8, 4) is 0 Å². The Morgan fingerprint density at radius 1 is 1.50 bits per heavy atom. The number of aromatic nitrogens is 1. The van der Waals surface area contributed by atoms with Crippen molar-refractivity contribution in [2.45, 2.75) is 45.6 Å². The molecule has 0 aromatic carbocycles. The Morgan fingerprint density at radius 3 is 2.85 bits per heavy atom. The minimum absolute atomic E-state index is 0.141. The molecule has 1 aromatic heterocycles.